The molecule has 0 aromatic rings. The first-order chi connectivity index (χ1) is 7.58. The van der Waals surface area contributed by atoms with Crippen LogP contribution in [0.15, 0.2) is 0 Å². The molecule has 1 aliphatic rings. The Hall–Kier alpha value is -0.130. The minimum Gasteiger partial charge on any atom is -0.316 e. The molecule has 0 aromatic carbocycles. The average Bonchev–Trinajstić information content (AvgIpc) is 2.76. The Labute approximate surface area is 99.5 Å². The molecule has 0 heterocycles. The van der Waals surface area contributed by atoms with E-state index >= 15 is 0 Å². The van der Waals surface area contributed by atoms with E-state index in [1.54, 1.807) is 11.4 Å². The first-order valence-electron chi connectivity index (χ1n) is 6.24. The van der Waals surface area contributed by atoms with Crippen molar-refractivity contribution in [3.63, 3.8) is 0 Å². The SMILES string of the molecule is CCCNCCS(=O)(=O)N(C)C1CCCC1. The molecule has 5 heteroatoms. The van der Waals surface area contributed by atoms with Gasteiger partial charge in [-0.15, -0.1) is 0 Å². The molecule has 4 nitrogen and oxygen atoms in total. The lowest BCUT2D eigenvalue weighted by atomic mass is 10.3. The quantitative estimate of drug-likeness (QED) is 0.689. The van der Waals surface area contributed by atoms with Crippen LogP contribution >= 0.6 is 0 Å². The summed E-state index contributed by atoms with van der Waals surface area (Å²) in [5.41, 5.74) is 0. The molecule has 0 bridgehead atoms. The number of hydrogen-bond acceptors (Lipinski definition) is 3. The molecule has 1 saturated carbocycles. The van der Waals surface area contributed by atoms with E-state index in [1.165, 1.54) is 12.8 Å². The third-order valence-corrected chi connectivity index (χ3v) is 5.14. The fourth-order valence-electron chi connectivity index (χ4n) is 2.14. The van der Waals surface area contributed by atoms with Crippen LogP contribution in [0.25, 0.3) is 0 Å². The Kier molecular flexibility index (Phi) is 5.72. The first kappa shape index (κ1) is 13.9. The van der Waals surface area contributed by atoms with Gasteiger partial charge in [-0.05, 0) is 25.8 Å². The number of rotatable bonds is 7. The molecule has 0 unspecified atom stereocenters. The van der Waals surface area contributed by atoms with Gasteiger partial charge >= 0.3 is 0 Å². The summed E-state index contributed by atoms with van der Waals surface area (Å²) in [6, 6.07) is 0.246. The number of hydrogen-bond donors (Lipinski definition) is 1. The molecule has 0 radical (unpaired) electrons. The van der Waals surface area contributed by atoms with Gasteiger partial charge in [0.05, 0.1) is 5.75 Å². The summed E-state index contributed by atoms with van der Waals surface area (Å²) in [6.07, 6.45) is 5.42. The Morgan fingerprint density at radius 3 is 2.44 bits per heavy atom. The predicted octanol–water partition coefficient (Wildman–Crippen LogP) is 1.19. The van der Waals surface area contributed by atoms with Crippen LogP contribution in [-0.2, 0) is 10.0 Å². The topological polar surface area (TPSA) is 49.4 Å². The highest BCUT2D eigenvalue weighted by atomic mass is 32.2. The fraction of sp³-hybridized carbons (Fsp3) is 1.00. The van der Waals surface area contributed by atoms with E-state index in [4.69, 9.17) is 0 Å². The van der Waals surface area contributed by atoms with Crippen molar-refractivity contribution in [1.82, 2.24) is 9.62 Å². The third kappa shape index (κ3) is 4.03. The summed E-state index contributed by atoms with van der Waals surface area (Å²) in [5, 5.41) is 3.13. The Morgan fingerprint density at radius 1 is 1.25 bits per heavy atom. The zero-order valence-electron chi connectivity index (χ0n) is 10.4. The lowest BCUT2D eigenvalue weighted by molar-refractivity contribution is 0.372. The van der Waals surface area contributed by atoms with Crippen molar-refractivity contribution in [1.29, 1.82) is 0 Å². The minimum absolute atomic E-state index is 0.222. The molecule has 1 fully saturated rings. The van der Waals surface area contributed by atoms with Crippen LogP contribution in [0.3, 0.4) is 0 Å². The second kappa shape index (κ2) is 6.57. The van der Waals surface area contributed by atoms with Crippen LogP contribution in [0.4, 0.5) is 0 Å². The molecule has 16 heavy (non-hydrogen) atoms. The summed E-state index contributed by atoms with van der Waals surface area (Å²) in [5.74, 6) is 0.222. The molecule has 96 valence electrons. The molecule has 0 amide bonds. The van der Waals surface area contributed by atoms with Crippen LogP contribution in [0.5, 0.6) is 0 Å². The molecule has 0 spiro atoms. The zero-order valence-corrected chi connectivity index (χ0v) is 11.2. The number of nitrogens with zero attached hydrogens (tertiary/aromatic N) is 1. The number of nitrogens with one attached hydrogen (secondary N) is 1. The summed E-state index contributed by atoms with van der Waals surface area (Å²) in [7, 11) is -1.33. The standard InChI is InChI=1S/C11H24N2O2S/c1-3-8-12-9-10-16(14,15)13(2)11-6-4-5-7-11/h11-12H,3-10H2,1-2H3. The average molecular weight is 248 g/mol. The maximum atomic E-state index is 12.0. The van der Waals surface area contributed by atoms with Gasteiger partial charge in [-0.2, -0.15) is 0 Å². The molecule has 0 aromatic heterocycles. The molecule has 0 saturated heterocycles. The lowest BCUT2D eigenvalue weighted by Crippen LogP contribution is -2.39. The summed E-state index contributed by atoms with van der Waals surface area (Å²) in [6.45, 7) is 3.53. The minimum atomic E-state index is -3.05. The van der Waals surface area contributed by atoms with Gasteiger partial charge in [-0.3, -0.25) is 0 Å². The van der Waals surface area contributed by atoms with Crippen LogP contribution in [0.1, 0.15) is 39.0 Å². The van der Waals surface area contributed by atoms with E-state index in [-0.39, 0.29) is 11.8 Å². The maximum Gasteiger partial charge on any atom is 0.215 e. The zero-order chi connectivity index (χ0) is 12.0. The molecular formula is C11H24N2O2S. The van der Waals surface area contributed by atoms with Crippen molar-refractivity contribution in [3.8, 4) is 0 Å². The van der Waals surface area contributed by atoms with E-state index < -0.39 is 10.0 Å². The van der Waals surface area contributed by atoms with Crippen molar-refractivity contribution in [2.45, 2.75) is 45.1 Å². The highest BCUT2D eigenvalue weighted by Gasteiger charge is 2.27. The van der Waals surface area contributed by atoms with Crippen LogP contribution in [0.2, 0.25) is 0 Å². The van der Waals surface area contributed by atoms with Gasteiger partial charge < -0.3 is 5.32 Å². The summed E-state index contributed by atoms with van der Waals surface area (Å²) >= 11 is 0. The van der Waals surface area contributed by atoms with E-state index in [2.05, 4.69) is 12.2 Å². The monoisotopic (exact) mass is 248 g/mol. The Bertz CT molecular complexity index is 284. The predicted molar refractivity (Wildman–Crippen MR) is 67.0 cm³/mol. The molecular weight excluding hydrogens is 224 g/mol. The van der Waals surface area contributed by atoms with Gasteiger partial charge in [0, 0.05) is 19.6 Å². The van der Waals surface area contributed by atoms with E-state index in [0.29, 0.717) is 6.54 Å². The van der Waals surface area contributed by atoms with Gasteiger partial charge in [0.1, 0.15) is 0 Å². The largest absolute Gasteiger partial charge is 0.316 e. The summed E-state index contributed by atoms with van der Waals surface area (Å²) < 4.78 is 25.5. The van der Waals surface area contributed by atoms with E-state index in [9.17, 15) is 8.42 Å². The van der Waals surface area contributed by atoms with Crippen LogP contribution < -0.4 is 5.32 Å². The van der Waals surface area contributed by atoms with Gasteiger partial charge in [-0.25, -0.2) is 12.7 Å². The van der Waals surface area contributed by atoms with Crippen molar-refractivity contribution < 1.29 is 8.42 Å². The Balaban J connectivity index is 2.36. The van der Waals surface area contributed by atoms with E-state index in [0.717, 1.165) is 25.8 Å². The van der Waals surface area contributed by atoms with Gasteiger partial charge in [-0.1, -0.05) is 19.8 Å². The first-order valence-corrected chi connectivity index (χ1v) is 7.85. The van der Waals surface area contributed by atoms with Crippen molar-refractivity contribution in [2.75, 3.05) is 25.9 Å². The van der Waals surface area contributed by atoms with Gasteiger partial charge in [0.25, 0.3) is 0 Å². The normalized spacial score (nSPS) is 18.4. The van der Waals surface area contributed by atoms with Crippen LogP contribution in [-0.4, -0.2) is 44.7 Å². The van der Waals surface area contributed by atoms with Gasteiger partial charge in [0.15, 0.2) is 0 Å². The molecule has 1 N–H and O–H groups in total. The van der Waals surface area contributed by atoms with Gasteiger partial charge in [0.2, 0.25) is 10.0 Å². The molecule has 0 atom stereocenters. The lowest BCUT2D eigenvalue weighted by Gasteiger charge is -2.23. The molecule has 0 aliphatic heterocycles. The third-order valence-electron chi connectivity index (χ3n) is 3.24. The van der Waals surface area contributed by atoms with Crippen molar-refractivity contribution in [3.05, 3.63) is 0 Å². The highest BCUT2D eigenvalue weighted by Crippen LogP contribution is 2.24. The smallest absolute Gasteiger partial charge is 0.215 e. The highest BCUT2D eigenvalue weighted by molar-refractivity contribution is 7.89. The molecule has 1 rings (SSSR count). The van der Waals surface area contributed by atoms with E-state index in [1.807, 2.05) is 0 Å². The maximum absolute atomic E-state index is 12.0. The molecule has 1 aliphatic carbocycles. The van der Waals surface area contributed by atoms with Crippen molar-refractivity contribution in [2.24, 2.45) is 0 Å². The fourth-order valence-corrected chi connectivity index (χ4v) is 3.50. The second-order valence-electron chi connectivity index (χ2n) is 4.52. The second-order valence-corrected chi connectivity index (χ2v) is 6.67. The number of sulfonamides is 1. The van der Waals surface area contributed by atoms with Crippen molar-refractivity contribution >= 4 is 10.0 Å². The Morgan fingerprint density at radius 2 is 1.88 bits per heavy atom. The van der Waals surface area contributed by atoms with Crippen LogP contribution in [0, 0.1) is 0 Å². The summed E-state index contributed by atoms with van der Waals surface area (Å²) in [4.78, 5) is 0.